The average Bonchev–Trinajstić information content (AvgIpc) is 3.42. The Hall–Kier alpha value is -4.22. The van der Waals surface area contributed by atoms with E-state index < -0.39 is 36.2 Å². The Kier molecular flexibility index (Phi) is 7.25. The Labute approximate surface area is 213 Å². The number of hydrogen-bond acceptors (Lipinski definition) is 4. The number of benzene rings is 2. The molecule has 0 aliphatic heterocycles. The van der Waals surface area contributed by atoms with Gasteiger partial charge in [0.05, 0.1) is 41.6 Å². The predicted molar refractivity (Wildman–Crippen MR) is 130 cm³/mol. The third-order valence-electron chi connectivity index (χ3n) is 5.86. The molecule has 4 rings (SSSR count). The van der Waals surface area contributed by atoms with E-state index in [4.69, 9.17) is 4.74 Å². The first-order valence-corrected chi connectivity index (χ1v) is 11.3. The summed E-state index contributed by atoms with van der Waals surface area (Å²) in [5.74, 6) is -4.21. The van der Waals surface area contributed by atoms with Crippen LogP contribution in [0.4, 0.5) is 32.3 Å². The number of aryl methyl sites for hydroxylation is 1. The molecule has 4 aromatic rings. The smallest absolute Gasteiger partial charge is 0.405 e. The van der Waals surface area contributed by atoms with Crippen molar-refractivity contribution in [2.45, 2.75) is 26.1 Å². The highest BCUT2D eigenvalue weighted by Gasteiger charge is 2.28. The van der Waals surface area contributed by atoms with Crippen molar-refractivity contribution in [3.8, 4) is 11.4 Å². The number of rotatable bonds is 7. The van der Waals surface area contributed by atoms with E-state index in [-0.39, 0.29) is 22.2 Å². The van der Waals surface area contributed by atoms with Crippen LogP contribution in [0.25, 0.3) is 18.3 Å². The van der Waals surface area contributed by atoms with Gasteiger partial charge < -0.3 is 19.2 Å². The second-order valence-corrected chi connectivity index (χ2v) is 8.58. The molecule has 0 spiro atoms. The van der Waals surface area contributed by atoms with Crippen molar-refractivity contribution >= 4 is 18.6 Å². The van der Waals surface area contributed by atoms with E-state index in [1.54, 1.807) is 35.2 Å². The van der Waals surface area contributed by atoms with Crippen LogP contribution in [0.3, 0.4) is 0 Å². The molecule has 0 aliphatic carbocycles. The highest BCUT2D eigenvalue weighted by Crippen LogP contribution is 2.26. The Morgan fingerprint density at radius 3 is 2.39 bits per heavy atom. The molecular formula is C26H23F6N5O. The van der Waals surface area contributed by atoms with Crippen molar-refractivity contribution in [2.75, 3.05) is 19.0 Å². The van der Waals surface area contributed by atoms with Crippen molar-refractivity contribution in [3.05, 3.63) is 87.8 Å². The zero-order valence-corrected chi connectivity index (χ0v) is 20.6. The summed E-state index contributed by atoms with van der Waals surface area (Å²) in [7, 11) is 1.50. The molecular weight excluding hydrogens is 512 g/mol. The lowest BCUT2D eigenvalue weighted by atomic mass is 10.1. The van der Waals surface area contributed by atoms with Crippen LogP contribution < -0.4 is 20.8 Å². The first-order valence-electron chi connectivity index (χ1n) is 11.3. The standard InChI is InChI=1S/C26H23F6N5O/c1-14-11-36(13-34-14)22-6-5-17(8-23(22)38-4)7-21-16(3)37(25(35-21)33-12-26(30,31)32)15(2)18-9-19(27)24(29)20(28)10-18/h5-11,13,15H,3,12H2,1-2,4H3,(H,33,35)/b21-7-. The number of alkyl halides is 3. The molecule has 0 amide bonds. The van der Waals surface area contributed by atoms with Gasteiger partial charge in [0, 0.05) is 6.20 Å². The lowest BCUT2D eigenvalue weighted by Crippen LogP contribution is -2.31. The maximum atomic E-state index is 13.9. The van der Waals surface area contributed by atoms with Crippen LogP contribution in [0, 0.1) is 24.4 Å². The minimum absolute atomic E-state index is 0.0213. The molecule has 2 heterocycles. The molecule has 200 valence electrons. The van der Waals surface area contributed by atoms with Crippen LogP contribution in [-0.2, 0) is 0 Å². The van der Waals surface area contributed by atoms with Crippen molar-refractivity contribution in [3.63, 3.8) is 0 Å². The van der Waals surface area contributed by atoms with Gasteiger partial charge in [0.15, 0.2) is 17.5 Å². The fourth-order valence-corrected chi connectivity index (χ4v) is 3.99. The zero-order chi connectivity index (χ0) is 27.8. The third kappa shape index (κ3) is 5.53. The van der Waals surface area contributed by atoms with Gasteiger partial charge in [-0.05, 0) is 55.3 Å². The second-order valence-electron chi connectivity index (χ2n) is 8.58. The van der Waals surface area contributed by atoms with Gasteiger partial charge in [-0.2, -0.15) is 13.2 Å². The van der Waals surface area contributed by atoms with E-state index in [0.717, 1.165) is 17.8 Å². The minimum Gasteiger partial charge on any atom is -0.495 e. The van der Waals surface area contributed by atoms with E-state index in [2.05, 4.69) is 21.9 Å². The average molecular weight is 535 g/mol. The van der Waals surface area contributed by atoms with E-state index in [1.807, 2.05) is 13.1 Å². The predicted octanol–water partition coefficient (Wildman–Crippen LogP) is 4.63. The number of methoxy groups -OCH3 is 1. The quantitative estimate of drug-likeness (QED) is 0.277. The number of imidazole rings is 2. The maximum absolute atomic E-state index is 13.9. The molecule has 1 N–H and O–H groups in total. The van der Waals surface area contributed by atoms with Gasteiger partial charge >= 0.3 is 6.18 Å². The molecule has 2 aromatic heterocycles. The van der Waals surface area contributed by atoms with Crippen molar-refractivity contribution in [1.29, 1.82) is 0 Å². The number of hydrogen-bond donors (Lipinski definition) is 1. The molecule has 0 fully saturated rings. The first-order chi connectivity index (χ1) is 17.9. The van der Waals surface area contributed by atoms with Gasteiger partial charge in [-0.1, -0.05) is 12.6 Å². The van der Waals surface area contributed by atoms with E-state index in [9.17, 15) is 26.3 Å². The monoisotopic (exact) mass is 535 g/mol. The number of nitrogens with one attached hydrogen (secondary N) is 1. The second kappa shape index (κ2) is 10.3. The summed E-state index contributed by atoms with van der Waals surface area (Å²) in [6, 6.07) is 5.85. The van der Waals surface area contributed by atoms with Crippen molar-refractivity contribution < 1.29 is 31.1 Å². The van der Waals surface area contributed by atoms with Crippen molar-refractivity contribution in [2.24, 2.45) is 0 Å². The molecule has 0 bridgehead atoms. The van der Waals surface area contributed by atoms with Gasteiger partial charge in [-0.3, -0.25) is 0 Å². The van der Waals surface area contributed by atoms with Crippen molar-refractivity contribution in [1.82, 2.24) is 19.1 Å². The molecule has 1 atom stereocenters. The summed E-state index contributed by atoms with van der Waals surface area (Å²) < 4.78 is 88.8. The number of ether oxygens (including phenoxy) is 1. The Balaban J connectivity index is 1.81. The summed E-state index contributed by atoms with van der Waals surface area (Å²) in [5, 5.41) is 2.59. The zero-order valence-electron chi connectivity index (χ0n) is 20.6. The van der Waals surface area contributed by atoms with E-state index in [0.29, 0.717) is 17.0 Å². The molecule has 0 saturated carbocycles. The maximum Gasteiger partial charge on any atom is 0.405 e. The summed E-state index contributed by atoms with van der Waals surface area (Å²) in [6.45, 7) is 5.86. The number of nitrogens with zero attached hydrogens (tertiary/aromatic N) is 4. The highest BCUT2D eigenvalue weighted by atomic mass is 19.4. The summed E-state index contributed by atoms with van der Waals surface area (Å²) >= 11 is 0. The van der Waals surface area contributed by atoms with Crippen LogP contribution in [0.1, 0.15) is 29.8 Å². The van der Waals surface area contributed by atoms with Gasteiger partial charge in [-0.25, -0.2) is 23.1 Å². The lowest BCUT2D eigenvalue weighted by Gasteiger charge is -2.19. The molecule has 0 saturated heterocycles. The summed E-state index contributed by atoms with van der Waals surface area (Å²) in [5.41, 5.74) is 2.11. The third-order valence-corrected chi connectivity index (χ3v) is 5.86. The Bertz CT molecular complexity index is 1570. The molecule has 6 nitrogen and oxygen atoms in total. The van der Waals surface area contributed by atoms with Crippen LogP contribution in [-0.4, -0.2) is 38.9 Å². The number of halogens is 6. The molecule has 2 aromatic carbocycles. The van der Waals surface area contributed by atoms with E-state index in [1.165, 1.54) is 18.6 Å². The number of anilines is 1. The van der Waals surface area contributed by atoms with Crippen LogP contribution in [0.2, 0.25) is 0 Å². The Morgan fingerprint density at radius 2 is 1.82 bits per heavy atom. The fraction of sp³-hybridized carbons (Fsp3) is 0.231. The molecule has 0 radical (unpaired) electrons. The van der Waals surface area contributed by atoms with Gasteiger partial charge in [0.1, 0.15) is 12.3 Å². The summed E-state index contributed by atoms with van der Waals surface area (Å²) in [4.78, 5) is 8.47. The molecule has 38 heavy (non-hydrogen) atoms. The Morgan fingerprint density at radius 1 is 1.13 bits per heavy atom. The van der Waals surface area contributed by atoms with Crippen LogP contribution in [0.15, 0.2) is 42.9 Å². The fourth-order valence-electron chi connectivity index (χ4n) is 3.99. The molecule has 0 aliphatic rings. The topological polar surface area (TPSA) is 56.9 Å². The SMILES string of the molecule is C=c1/c(=C/c2ccc(-n3cnc(C)c3)c(OC)c2)nc(NCC(F)(F)F)n1C(C)c1cc(F)c(F)c(F)c1. The molecule has 12 heteroatoms. The van der Waals surface area contributed by atoms with Gasteiger partial charge in [-0.15, -0.1) is 0 Å². The summed E-state index contributed by atoms with van der Waals surface area (Å²) in [6.07, 6.45) is 0.474. The van der Waals surface area contributed by atoms with E-state index >= 15 is 0 Å². The normalized spacial score (nSPS) is 13.1. The highest BCUT2D eigenvalue weighted by molar-refractivity contribution is 5.58. The largest absolute Gasteiger partial charge is 0.495 e. The molecule has 1 unspecified atom stereocenters. The van der Waals surface area contributed by atoms with Crippen LogP contribution in [0.5, 0.6) is 5.75 Å². The van der Waals surface area contributed by atoms with Gasteiger partial charge in [0.2, 0.25) is 5.95 Å². The minimum atomic E-state index is -4.56. The lowest BCUT2D eigenvalue weighted by molar-refractivity contribution is -0.115. The van der Waals surface area contributed by atoms with Gasteiger partial charge in [0.25, 0.3) is 0 Å². The number of aromatic nitrogens is 4. The first kappa shape index (κ1) is 26.8. The van der Waals surface area contributed by atoms with Crippen LogP contribution >= 0.6 is 0 Å².